The maximum atomic E-state index is 6.51. The molecule has 0 saturated heterocycles. The minimum absolute atomic E-state index is 0.850. The molecule has 2 aromatic heterocycles. The zero-order valence-electron chi connectivity index (χ0n) is 25.0. The Morgan fingerprint density at radius 3 is 1.67 bits per heavy atom. The van der Waals surface area contributed by atoms with E-state index >= 15 is 0 Å². The lowest BCUT2D eigenvalue weighted by molar-refractivity contribution is 0.669. The summed E-state index contributed by atoms with van der Waals surface area (Å²) in [6, 6.07) is 59.5. The average molecular weight is 592 g/mol. The summed E-state index contributed by atoms with van der Waals surface area (Å²) in [5.74, 6) is 0. The SMILES string of the molecule is c1ccc(N(c2ccccc2)c2ccc3c(c2)oc2cc(Nc4ccc5c6ccccc6n(-c6ccccc6)c5c4)ccc23)cc1. The van der Waals surface area contributed by atoms with Crippen molar-refractivity contribution in [1.29, 1.82) is 0 Å². The number of hydrogen-bond acceptors (Lipinski definition) is 3. The largest absolute Gasteiger partial charge is 0.456 e. The van der Waals surface area contributed by atoms with Crippen LogP contribution in [-0.2, 0) is 0 Å². The summed E-state index contributed by atoms with van der Waals surface area (Å²) in [6.45, 7) is 0. The van der Waals surface area contributed by atoms with E-state index in [1.165, 1.54) is 16.3 Å². The molecule has 1 N–H and O–H groups in total. The molecule has 9 aromatic rings. The molecule has 9 rings (SSSR count). The summed E-state index contributed by atoms with van der Waals surface area (Å²) in [5, 5.41) is 8.31. The van der Waals surface area contributed by atoms with Gasteiger partial charge in [0.25, 0.3) is 0 Å². The lowest BCUT2D eigenvalue weighted by atomic mass is 10.1. The summed E-state index contributed by atoms with van der Waals surface area (Å²) in [4.78, 5) is 2.25. The molecule has 0 bridgehead atoms. The topological polar surface area (TPSA) is 33.3 Å². The van der Waals surface area contributed by atoms with E-state index in [0.717, 1.165) is 61.6 Å². The zero-order chi connectivity index (χ0) is 30.5. The first-order valence-electron chi connectivity index (χ1n) is 15.5. The van der Waals surface area contributed by atoms with Crippen molar-refractivity contribution in [2.75, 3.05) is 10.2 Å². The van der Waals surface area contributed by atoms with Crippen LogP contribution in [-0.4, -0.2) is 4.57 Å². The number of rotatable bonds is 6. The van der Waals surface area contributed by atoms with Gasteiger partial charge in [-0.2, -0.15) is 0 Å². The van der Waals surface area contributed by atoms with Crippen molar-refractivity contribution in [2.45, 2.75) is 0 Å². The molecule has 0 spiro atoms. The fourth-order valence-electron chi connectivity index (χ4n) is 6.65. The van der Waals surface area contributed by atoms with E-state index in [0.29, 0.717) is 0 Å². The normalized spacial score (nSPS) is 11.5. The van der Waals surface area contributed by atoms with Crippen molar-refractivity contribution in [3.8, 4) is 5.69 Å². The Morgan fingerprint density at radius 2 is 0.957 bits per heavy atom. The van der Waals surface area contributed by atoms with Crippen molar-refractivity contribution in [1.82, 2.24) is 4.57 Å². The number of nitrogens with one attached hydrogen (secondary N) is 1. The molecule has 0 fully saturated rings. The van der Waals surface area contributed by atoms with Gasteiger partial charge < -0.3 is 19.2 Å². The molecule has 0 aliphatic rings. The van der Waals surface area contributed by atoms with Crippen molar-refractivity contribution < 1.29 is 4.42 Å². The van der Waals surface area contributed by atoms with Crippen LogP contribution in [0, 0.1) is 0 Å². The highest BCUT2D eigenvalue weighted by atomic mass is 16.3. The molecule has 0 saturated carbocycles. The molecule has 7 aromatic carbocycles. The van der Waals surface area contributed by atoms with E-state index in [9.17, 15) is 0 Å². The van der Waals surface area contributed by atoms with Gasteiger partial charge in [-0.1, -0.05) is 78.9 Å². The molecule has 0 atom stereocenters. The quantitative estimate of drug-likeness (QED) is 0.209. The zero-order valence-corrected chi connectivity index (χ0v) is 25.0. The van der Waals surface area contributed by atoms with Crippen LogP contribution < -0.4 is 10.2 Å². The predicted molar refractivity (Wildman–Crippen MR) is 192 cm³/mol. The van der Waals surface area contributed by atoms with Crippen molar-refractivity contribution in [3.05, 3.63) is 170 Å². The van der Waals surface area contributed by atoms with Crippen molar-refractivity contribution >= 4 is 72.2 Å². The number of nitrogens with zero attached hydrogens (tertiary/aromatic N) is 2. The molecular weight excluding hydrogens is 562 g/mol. The summed E-state index contributed by atoms with van der Waals surface area (Å²) in [5.41, 5.74) is 10.4. The minimum Gasteiger partial charge on any atom is -0.456 e. The minimum atomic E-state index is 0.850. The third-order valence-electron chi connectivity index (χ3n) is 8.72. The molecule has 0 aliphatic heterocycles. The van der Waals surface area contributed by atoms with Crippen LogP contribution >= 0.6 is 0 Å². The number of para-hydroxylation sites is 4. The summed E-state index contributed by atoms with van der Waals surface area (Å²) in [7, 11) is 0. The first-order chi connectivity index (χ1) is 22.8. The second-order valence-corrected chi connectivity index (χ2v) is 11.5. The Bertz CT molecular complexity index is 2460. The average Bonchev–Trinajstić information content (AvgIpc) is 3.64. The number of anilines is 5. The summed E-state index contributed by atoms with van der Waals surface area (Å²) < 4.78 is 8.85. The highest BCUT2D eigenvalue weighted by molar-refractivity contribution is 6.10. The van der Waals surface area contributed by atoms with Crippen LogP contribution in [0.4, 0.5) is 28.4 Å². The van der Waals surface area contributed by atoms with Gasteiger partial charge in [-0.15, -0.1) is 0 Å². The van der Waals surface area contributed by atoms with Crippen LogP contribution in [0.25, 0.3) is 49.4 Å². The monoisotopic (exact) mass is 591 g/mol. The highest BCUT2D eigenvalue weighted by Gasteiger charge is 2.16. The maximum absolute atomic E-state index is 6.51. The number of aromatic nitrogens is 1. The third-order valence-corrected chi connectivity index (χ3v) is 8.72. The highest BCUT2D eigenvalue weighted by Crippen LogP contribution is 2.39. The number of hydrogen-bond donors (Lipinski definition) is 1. The van der Waals surface area contributed by atoms with Gasteiger partial charge >= 0.3 is 0 Å². The first-order valence-corrected chi connectivity index (χ1v) is 15.5. The van der Waals surface area contributed by atoms with Gasteiger partial charge in [-0.25, -0.2) is 0 Å². The second kappa shape index (κ2) is 10.7. The second-order valence-electron chi connectivity index (χ2n) is 11.5. The molecule has 0 unspecified atom stereocenters. The molecule has 0 aliphatic carbocycles. The van der Waals surface area contributed by atoms with E-state index in [1.54, 1.807) is 0 Å². The van der Waals surface area contributed by atoms with Gasteiger partial charge in [-0.05, 0) is 78.9 Å². The first kappa shape index (κ1) is 26.2. The van der Waals surface area contributed by atoms with Crippen LogP contribution in [0.1, 0.15) is 0 Å². The Balaban J connectivity index is 1.10. The Morgan fingerprint density at radius 1 is 0.413 bits per heavy atom. The van der Waals surface area contributed by atoms with Crippen LogP contribution in [0.3, 0.4) is 0 Å². The summed E-state index contributed by atoms with van der Waals surface area (Å²) >= 11 is 0. The molecule has 2 heterocycles. The number of furan rings is 1. The van der Waals surface area contributed by atoms with Crippen molar-refractivity contribution in [3.63, 3.8) is 0 Å². The van der Waals surface area contributed by atoms with Gasteiger partial charge in [0.05, 0.1) is 11.0 Å². The van der Waals surface area contributed by atoms with Crippen molar-refractivity contribution in [2.24, 2.45) is 0 Å². The van der Waals surface area contributed by atoms with Gasteiger partial charge in [0.15, 0.2) is 0 Å². The molecule has 218 valence electrons. The number of benzene rings is 7. The standard InChI is InChI=1S/C42H29N3O/c1-4-12-31(13-5-1)44(32-14-6-2-7-15-32)34-22-25-38-37-24-21-30(27-41(37)46-42(38)28-34)43-29-20-23-36-35-18-10-11-19-39(35)45(40(36)26-29)33-16-8-3-9-17-33/h1-28,43H. The van der Waals surface area contributed by atoms with Crippen LogP contribution in [0.15, 0.2) is 174 Å². The van der Waals surface area contributed by atoms with Gasteiger partial charge in [0.1, 0.15) is 11.2 Å². The molecule has 0 amide bonds. The number of fused-ring (bicyclic) bond motifs is 6. The van der Waals surface area contributed by atoms with E-state index < -0.39 is 0 Å². The Kier molecular flexibility index (Phi) is 6.10. The van der Waals surface area contributed by atoms with Crippen LogP contribution in [0.5, 0.6) is 0 Å². The molecule has 4 nitrogen and oxygen atoms in total. The maximum Gasteiger partial charge on any atom is 0.137 e. The van der Waals surface area contributed by atoms with E-state index in [4.69, 9.17) is 4.42 Å². The smallest absolute Gasteiger partial charge is 0.137 e. The summed E-state index contributed by atoms with van der Waals surface area (Å²) in [6.07, 6.45) is 0. The van der Waals surface area contributed by atoms with E-state index in [-0.39, 0.29) is 0 Å². The lowest BCUT2D eigenvalue weighted by Crippen LogP contribution is -2.09. The molecule has 46 heavy (non-hydrogen) atoms. The molecule has 4 heteroatoms. The Labute approximate surface area is 266 Å². The van der Waals surface area contributed by atoms with E-state index in [1.807, 2.05) is 12.1 Å². The fourth-order valence-corrected chi connectivity index (χ4v) is 6.65. The fraction of sp³-hybridized carbons (Fsp3) is 0. The predicted octanol–water partition coefficient (Wildman–Crippen LogP) is 11.9. The van der Waals surface area contributed by atoms with Crippen LogP contribution in [0.2, 0.25) is 0 Å². The third kappa shape index (κ3) is 4.39. The van der Waals surface area contributed by atoms with E-state index in [2.05, 4.69) is 173 Å². The Hall–Kier alpha value is -6.26. The van der Waals surface area contributed by atoms with Gasteiger partial charge in [0, 0.05) is 67.8 Å². The molecular formula is C42H29N3O. The lowest BCUT2D eigenvalue weighted by Gasteiger charge is -2.25. The van der Waals surface area contributed by atoms with Gasteiger partial charge in [-0.3, -0.25) is 0 Å². The molecule has 0 radical (unpaired) electrons. The van der Waals surface area contributed by atoms with Gasteiger partial charge in [0.2, 0.25) is 0 Å².